The van der Waals surface area contributed by atoms with Gasteiger partial charge in [-0.25, -0.2) is 4.79 Å². The molecular weight excluding hydrogens is 392 g/mol. The molecule has 1 aromatic heterocycles. The van der Waals surface area contributed by atoms with Crippen molar-refractivity contribution in [3.63, 3.8) is 0 Å². The van der Waals surface area contributed by atoms with Gasteiger partial charge in [0.15, 0.2) is 6.10 Å². The second kappa shape index (κ2) is 7.56. The van der Waals surface area contributed by atoms with E-state index in [4.69, 9.17) is 10.00 Å². The highest BCUT2D eigenvalue weighted by molar-refractivity contribution is 7.14. The van der Waals surface area contributed by atoms with Crippen LogP contribution in [0.5, 0.6) is 0 Å². The van der Waals surface area contributed by atoms with Gasteiger partial charge in [-0.05, 0) is 49.4 Å². The summed E-state index contributed by atoms with van der Waals surface area (Å²) in [5.74, 6) is -1.26. The lowest BCUT2D eigenvalue weighted by Gasteiger charge is -2.33. The summed E-state index contributed by atoms with van der Waals surface area (Å²) < 4.78 is 5.27. The van der Waals surface area contributed by atoms with Crippen LogP contribution in [0.1, 0.15) is 35.7 Å². The molecule has 1 fully saturated rings. The van der Waals surface area contributed by atoms with Crippen molar-refractivity contribution < 1.29 is 19.1 Å². The Balaban J connectivity index is 1.45. The van der Waals surface area contributed by atoms with Gasteiger partial charge in [0.05, 0.1) is 22.5 Å². The highest BCUT2D eigenvalue weighted by Crippen LogP contribution is 2.37. The van der Waals surface area contributed by atoms with E-state index in [1.165, 1.54) is 18.3 Å². The first-order valence-electron chi connectivity index (χ1n) is 9.19. The number of hydrogen-bond acceptors (Lipinski definition) is 7. The summed E-state index contributed by atoms with van der Waals surface area (Å²) >= 11 is 1.22. The third kappa shape index (κ3) is 3.54. The maximum atomic E-state index is 12.5. The van der Waals surface area contributed by atoms with Crippen LogP contribution in [0.4, 0.5) is 16.4 Å². The first kappa shape index (κ1) is 19.0. The first-order chi connectivity index (χ1) is 14.0. The number of thiophene rings is 1. The number of anilines is 3. The quantitative estimate of drug-likeness (QED) is 0.750. The van der Waals surface area contributed by atoms with E-state index in [1.54, 1.807) is 29.6 Å². The van der Waals surface area contributed by atoms with E-state index in [0.29, 0.717) is 16.3 Å². The molecule has 29 heavy (non-hydrogen) atoms. The Kier molecular flexibility index (Phi) is 4.94. The predicted octanol–water partition coefficient (Wildman–Crippen LogP) is 2.72. The van der Waals surface area contributed by atoms with Crippen molar-refractivity contribution in [1.82, 2.24) is 0 Å². The fraction of sp³-hybridized carbons (Fsp3) is 0.300. The number of carbonyl (C=O) groups excluding carboxylic acids is 3. The zero-order chi connectivity index (χ0) is 20.5. The Hall–Kier alpha value is -3.38. The lowest BCUT2D eigenvalue weighted by atomic mass is 10.1. The maximum absolute atomic E-state index is 12.5. The molecule has 2 aromatic rings. The summed E-state index contributed by atoms with van der Waals surface area (Å²) in [4.78, 5) is 39.1. The van der Waals surface area contributed by atoms with E-state index in [2.05, 4.69) is 10.6 Å². The molecule has 0 saturated carbocycles. The standard InChI is InChI=1S/C20H18N4O4S/c1-11(17(25)23-19-13(10-21)6-8-29-19)28-20(27)12-4-5-15-14(9-12)22-18(26)16-3-2-7-24(15)16/h4-6,8-9,11,16H,2-3,7H2,1H3,(H,22,26)(H,23,25)/t11-,16-/m0/s1. The topological polar surface area (TPSA) is 112 Å². The number of hydrogen-bond donors (Lipinski definition) is 2. The molecule has 0 radical (unpaired) electrons. The molecule has 148 valence electrons. The van der Waals surface area contributed by atoms with E-state index in [0.717, 1.165) is 25.1 Å². The molecule has 8 nitrogen and oxygen atoms in total. The number of fused-ring (bicyclic) bond motifs is 3. The van der Waals surface area contributed by atoms with Crippen molar-refractivity contribution in [3.05, 3.63) is 40.8 Å². The van der Waals surface area contributed by atoms with Crippen LogP contribution in [0.3, 0.4) is 0 Å². The zero-order valence-electron chi connectivity index (χ0n) is 15.6. The van der Waals surface area contributed by atoms with Crippen LogP contribution >= 0.6 is 11.3 Å². The summed E-state index contributed by atoms with van der Waals surface area (Å²) in [6.45, 7) is 2.27. The van der Waals surface area contributed by atoms with Gasteiger partial charge in [-0.1, -0.05) is 0 Å². The molecule has 2 amide bonds. The number of nitriles is 1. The van der Waals surface area contributed by atoms with Crippen LogP contribution in [-0.2, 0) is 14.3 Å². The normalized spacial score (nSPS) is 18.1. The Labute approximate surface area is 171 Å². The number of nitrogens with zero attached hydrogens (tertiary/aromatic N) is 2. The van der Waals surface area contributed by atoms with E-state index >= 15 is 0 Å². The number of carbonyl (C=O) groups is 3. The van der Waals surface area contributed by atoms with Gasteiger partial charge in [-0.3, -0.25) is 9.59 Å². The van der Waals surface area contributed by atoms with Crippen molar-refractivity contribution >= 4 is 45.5 Å². The average Bonchev–Trinajstić information content (AvgIpc) is 3.37. The number of rotatable bonds is 4. The second-order valence-corrected chi connectivity index (χ2v) is 7.80. The second-order valence-electron chi connectivity index (χ2n) is 6.88. The smallest absolute Gasteiger partial charge is 0.338 e. The summed E-state index contributed by atoms with van der Waals surface area (Å²) in [6, 6.07) is 8.42. The molecule has 0 spiro atoms. The monoisotopic (exact) mass is 410 g/mol. The van der Waals surface area contributed by atoms with Gasteiger partial charge in [0.25, 0.3) is 5.91 Å². The van der Waals surface area contributed by atoms with Gasteiger partial charge in [0, 0.05) is 6.54 Å². The van der Waals surface area contributed by atoms with Crippen LogP contribution in [0.2, 0.25) is 0 Å². The molecule has 0 aliphatic carbocycles. The minimum absolute atomic E-state index is 0.0718. The number of ether oxygens (including phenoxy) is 1. The Morgan fingerprint density at radius 1 is 1.41 bits per heavy atom. The highest BCUT2D eigenvalue weighted by Gasteiger charge is 2.36. The summed E-state index contributed by atoms with van der Waals surface area (Å²) in [5, 5.41) is 16.6. The largest absolute Gasteiger partial charge is 0.449 e. The molecule has 2 aliphatic heterocycles. The summed E-state index contributed by atoms with van der Waals surface area (Å²) in [5.41, 5.74) is 2.05. The molecule has 0 bridgehead atoms. The third-order valence-electron chi connectivity index (χ3n) is 5.03. The van der Waals surface area contributed by atoms with Gasteiger partial charge in [-0.15, -0.1) is 11.3 Å². The van der Waals surface area contributed by atoms with Crippen molar-refractivity contribution in [1.29, 1.82) is 5.26 Å². The van der Waals surface area contributed by atoms with Crippen molar-refractivity contribution in [3.8, 4) is 6.07 Å². The Morgan fingerprint density at radius 2 is 2.24 bits per heavy atom. The highest BCUT2D eigenvalue weighted by atomic mass is 32.1. The Morgan fingerprint density at radius 3 is 3.03 bits per heavy atom. The summed E-state index contributed by atoms with van der Waals surface area (Å²) in [7, 11) is 0. The molecule has 4 rings (SSSR count). The minimum atomic E-state index is -1.05. The molecule has 9 heteroatoms. The van der Waals surface area contributed by atoms with Gasteiger partial charge in [0.2, 0.25) is 5.91 Å². The van der Waals surface area contributed by atoms with Crippen molar-refractivity contribution in [2.75, 3.05) is 22.1 Å². The SMILES string of the molecule is C[C@H](OC(=O)c1ccc2c(c1)NC(=O)[C@@H]1CCCN21)C(=O)Nc1sccc1C#N. The predicted molar refractivity (Wildman–Crippen MR) is 108 cm³/mol. The van der Waals surface area contributed by atoms with E-state index in [-0.39, 0.29) is 17.5 Å². The summed E-state index contributed by atoms with van der Waals surface area (Å²) in [6.07, 6.45) is 0.718. The van der Waals surface area contributed by atoms with Crippen LogP contribution in [-0.4, -0.2) is 36.5 Å². The first-order valence-corrected chi connectivity index (χ1v) is 10.1. The molecule has 1 aromatic carbocycles. The Bertz CT molecular complexity index is 1040. The number of benzene rings is 1. The molecule has 2 aliphatic rings. The van der Waals surface area contributed by atoms with Gasteiger partial charge >= 0.3 is 5.97 Å². The number of esters is 1. The van der Waals surface area contributed by atoms with Gasteiger partial charge in [0.1, 0.15) is 17.1 Å². The van der Waals surface area contributed by atoms with Crippen LogP contribution < -0.4 is 15.5 Å². The molecule has 2 N–H and O–H groups in total. The van der Waals surface area contributed by atoms with Crippen LogP contribution in [0, 0.1) is 11.3 Å². The van der Waals surface area contributed by atoms with Gasteiger partial charge in [-0.2, -0.15) is 5.26 Å². The van der Waals surface area contributed by atoms with Crippen molar-refractivity contribution in [2.24, 2.45) is 0 Å². The number of amides is 2. The van der Waals surface area contributed by atoms with Crippen molar-refractivity contribution in [2.45, 2.75) is 31.9 Å². The molecule has 0 unspecified atom stereocenters. The van der Waals surface area contributed by atoms with Crippen LogP contribution in [0.25, 0.3) is 0 Å². The van der Waals surface area contributed by atoms with E-state index in [9.17, 15) is 14.4 Å². The minimum Gasteiger partial charge on any atom is -0.449 e. The zero-order valence-corrected chi connectivity index (χ0v) is 16.4. The fourth-order valence-corrected chi connectivity index (χ4v) is 4.29. The molecule has 2 atom stereocenters. The van der Waals surface area contributed by atoms with Crippen LogP contribution in [0.15, 0.2) is 29.6 Å². The number of nitrogens with one attached hydrogen (secondary N) is 2. The average molecular weight is 410 g/mol. The van der Waals surface area contributed by atoms with Gasteiger partial charge < -0.3 is 20.3 Å². The maximum Gasteiger partial charge on any atom is 0.338 e. The third-order valence-corrected chi connectivity index (χ3v) is 5.86. The molecule has 1 saturated heterocycles. The van der Waals surface area contributed by atoms with E-state index < -0.39 is 18.0 Å². The molecular formula is C20H18N4O4S. The fourth-order valence-electron chi connectivity index (χ4n) is 3.55. The lowest BCUT2D eigenvalue weighted by Crippen LogP contribution is -2.43. The lowest BCUT2D eigenvalue weighted by molar-refractivity contribution is -0.123. The molecule has 3 heterocycles. The van der Waals surface area contributed by atoms with E-state index in [1.807, 2.05) is 11.0 Å².